The van der Waals surface area contributed by atoms with E-state index in [4.69, 9.17) is 21.0 Å². The van der Waals surface area contributed by atoms with Crippen LogP contribution in [-0.2, 0) is 16.0 Å². The summed E-state index contributed by atoms with van der Waals surface area (Å²) in [6, 6.07) is 31.6. The Kier molecular flexibility index (Phi) is 8.96. The first-order chi connectivity index (χ1) is 21.5. The third-order valence-electron chi connectivity index (χ3n) is 7.00. The Hall–Kier alpha value is -5.49. The van der Waals surface area contributed by atoms with Crippen molar-refractivity contribution >= 4 is 55.9 Å². The molecular formula is C33H26F3N5O3S. The van der Waals surface area contributed by atoms with Crippen LogP contribution in [0.4, 0.5) is 18.9 Å². The second-order valence-electron chi connectivity index (χ2n) is 10.0. The summed E-state index contributed by atoms with van der Waals surface area (Å²) in [5.74, 6) is -3.24. The van der Waals surface area contributed by atoms with Crippen molar-refractivity contribution < 1.29 is 27.9 Å². The number of nitrogens with one attached hydrogen (secondary N) is 2. The summed E-state index contributed by atoms with van der Waals surface area (Å²) < 4.78 is 34.8. The van der Waals surface area contributed by atoms with Crippen LogP contribution in [-0.4, -0.2) is 38.5 Å². The Morgan fingerprint density at radius 3 is 2.31 bits per heavy atom. The number of halogens is 3. The molecule has 12 heteroatoms. The number of nitrogens with two attached hydrogens (primary N) is 1. The van der Waals surface area contributed by atoms with E-state index in [1.54, 1.807) is 11.3 Å². The van der Waals surface area contributed by atoms with Gasteiger partial charge in [-0.3, -0.25) is 14.8 Å². The first-order valence-corrected chi connectivity index (χ1v) is 14.4. The van der Waals surface area contributed by atoms with E-state index in [2.05, 4.69) is 15.7 Å². The number of carbonyl (C=O) groups is 2. The summed E-state index contributed by atoms with van der Waals surface area (Å²) in [6.45, 7) is 0. The number of imidazole rings is 1. The van der Waals surface area contributed by atoms with Crippen LogP contribution in [0.3, 0.4) is 0 Å². The van der Waals surface area contributed by atoms with Crippen molar-refractivity contribution in [2.24, 2.45) is 5.73 Å². The maximum absolute atomic E-state index is 13.8. The number of carbonyl (C=O) groups excluding carboxylic acids is 1. The van der Waals surface area contributed by atoms with Crippen molar-refractivity contribution in [3.8, 4) is 5.69 Å². The van der Waals surface area contributed by atoms with Crippen molar-refractivity contribution in [3.05, 3.63) is 125 Å². The highest BCUT2D eigenvalue weighted by molar-refractivity contribution is 7.17. The lowest BCUT2D eigenvalue weighted by Gasteiger charge is -2.18. The number of aromatic nitrogens is 2. The first-order valence-electron chi connectivity index (χ1n) is 13.5. The van der Waals surface area contributed by atoms with Crippen LogP contribution in [0, 0.1) is 5.41 Å². The number of thiophene rings is 1. The number of amides is 1. The average Bonchev–Trinajstić information content (AvgIpc) is 3.65. The molecule has 228 valence electrons. The molecular weight excluding hydrogens is 603 g/mol. The van der Waals surface area contributed by atoms with Crippen LogP contribution in [0.25, 0.3) is 26.8 Å². The fourth-order valence-corrected chi connectivity index (χ4v) is 5.78. The summed E-state index contributed by atoms with van der Waals surface area (Å²) in [7, 11) is 0. The molecule has 0 aliphatic rings. The third-order valence-corrected chi connectivity index (χ3v) is 7.98. The van der Waals surface area contributed by atoms with Gasteiger partial charge in [-0.1, -0.05) is 42.5 Å². The molecule has 1 atom stereocenters. The maximum Gasteiger partial charge on any atom is 0.490 e. The Bertz CT molecular complexity index is 1990. The van der Waals surface area contributed by atoms with Crippen LogP contribution in [0.1, 0.15) is 22.6 Å². The summed E-state index contributed by atoms with van der Waals surface area (Å²) in [5, 5.41) is 21.1. The molecule has 8 nitrogen and oxygen atoms in total. The van der Waals surface area contributed by atoms with E-state index in [0.29, 0.717) is 12.0 Å². The van der Waals surface area contributed by atoms with Crippen LogP contribution in [0.5, 0.6) is 0 Å². The van der Waals surface area contributed by atoms with Gasteiger partial charge in [0.25, 0.3) is 0 Å². The molecule has 2 aromatic heterocycles. The van der Waals surface area contributed by atoms with Gasteiger partial charge in [-0.15, -0.1) is 11.3 Å². The number of benzene rings is 4. The Labute approximate surface area is 259 Å². The fraction of sp³-hybridized carbons (Fsp3) is 0.0909. The summed E-state index contributed by atoms with van der Waals surface area (Å²) in [5.41, 5.74) is 12.1. The van der Waals surface area contributed by atoms with Crippen molar-refractivity contribution in [2.75, 3.05) is 5.32 Å². The number of alkyl halides is 3. The molecule has 1 amide bonds. The number of carboxylic acids is 1. The van der Waals surface area contributed by atoms with E-state index < -0.39 is 18.1 Å². The van der Waals surface area contributed by atoms with Gasteiger partial charge >= 0.3 is 12.1 Å². The molecule has 5 N–H and O–H groups in total. The second-order valence-corrected chi connectivity index (χ2v) is 10.9. The number of nitrogen functional groups attached to an aromatic ring is 1. The molecule has 2 heterocycles. The molecule has 0 bridgehead atoms. The zero-order valence-corrected chi connectivity index (χ0v) is 24.3. The van der Waals surface area contributed by atoms with Gasteiger partial charge in [0.1, 0.15) is 12.2 Å². The van der Waals surface area contributed by atoms with Crippen LogP contribution in [0.2, 0.25) is 0 Å². The smallest absolute Gasteiger partial charge is 0.475 e. The third kappa shape index (κ3) is 7.19. The minimum Gasteiger partial charge on any atom is -0.475 e. The molecule has 45 heavy (non-hydrogen) atoms. The summed E-state index contributed by atoms with van der Waals surface area (Å²) in [6.07, 6.45) is -2.72. The lowest BCUT2D eigenvalue weighted by Crippen LogP contribution is -2.23. The number of fused-ring (bicyclic) bond motifs is 2. The van der Waals surface area contributed by atoms with E-state index in [-0.39, 0.29) is 11.7 Å². The zero-order chi connectivity index (χ0) is 32.1. The van der Waals surface area contributed by atoms with Crippen molar-refractivity contribution in [1.29, 1.82) is 5.41 Å². The lowest BCUT2D eigenvalue weighted by atomic mass is 9.90. The van der Waals surface area contributed by atoms with E-state index in [1.165, 1.54) is 0 Å². The number of amidine groups is 1. The van der Waals surface area contributed by atoms with Gasteiger partial charge in [0.05, 0.1) is 17.0 Å². The number of para-hydroxylation sites is 2. The molecule has 0 radical (unpaired) electrons. The molecule has 0 saturated carbocycles. The summed E-state index contributed by atoms with van der Waals surface area (Å²) >= 11 is 1.60. The highest BCUT2D eigenvalue weighted by atomic mass is 32.1. The van der Waals surface area contributed by atoms with Crippen molar-refractivity contribution in [2.45, 2.75) is 18.5 Å². The molecule has 6 rings (SSSR count). The quantitative estimate of drug-likeness (QED) is 0.110. The SMILES string of the molecule is N=C(N)c1ccc2scc(C(Cc3ccccc3)C(=O)Nc3ccc(-n4cnc5ccccc54)cc3)c2c1.O=C(O)C(F)(F)F. The van der Waals surface area contributed by atoms with Gasteiger partial charge in [0.15, 0.2) is 0 Å². The molecule has 0 saturated heterocycles. The molecule has 6 aromatic rings. The highest BCUT2D eigenvalue weighted by Crippen LogP contribution is 2.35. The standard InChI is InChI=1S/C31H25N5OS.C2HF3O2/c32-30(33)21-10-15-29-24(17-21)26(18-38-29)25(16-20-6-2-1-3-7-20)31(37)35-22-11-13-23(14-12-22)36-19-34-27-8-4-5-9-28(27)36;3-2(4,5)1(6)7/h1-15,17-19,25H,16H2,(H3,32,33)(H,35,37);(H,6,7). The number of rotatable bonds is 7. The molecule has 0 spiro atoms. The monoisotopic (exact) mass is 629 g/mol. The average molecular weight is 630 g/mol. The van der Waals surface area contributed by atoms with Crippen molar-refractivity contribution in [3.63, 3.8) is 0 Å². The normalized spacial score (nSPS) is 11.9. The number of nitrogens with zero attached hydrogens (tertiary/aromatic N) is 2. The largest absolute Gasteiger partial charge is 0.490 e. The van der Waals surface area contributed by atoms with E-state index in [9.17, 15) is 18.0 Å². The number of carboxylic acid groups (broad SMARTS) is 1. The number of hydrogen-bond donors (Lipinski definition) is 4. The fourth-order valence-electron chi connectivity index (χ4n) is 4.78. The van der Waals surface area contributed by atoms with E-state index in [1.807, 2.05) is 108 Å². The number of hydrogen-bond acceptors (Lipinski definition) is 5. The Balaban J connectivity index is 0.000000515. The zero-order valence-electron chi connectivity index (χ0n) is 23.5. The summed E-state index contributed by atoms with van der Waals surface area (Å²) in [4.78, 5) is 27.1. The minimum atomic E-state index is -5.08. The van der Waals surface area contributed by atoms with Crippen LogP contribution < -0.4 is 11.1 Å². The predicted molar refractivity (Wildman–Crippen MR) is 169 cm³/mol. The highest BCUT2D eigenvalue weighted by Gasteiger charge is 2.38. The number of aliphatic carboxylic acids is 1. The number of anilines is 1. The van der Waals surface area contributed by atoms with E-state index >= 15 is 0 Å². The molecule has 0 fully saturated rings. The molecule has 1 unspecified atom stereocenters. The second kappa shape index (κ2) is 13.0. The first kappa shape index (κ1) is 31.0. The van der Waals surface area contributed by atoms with Gasteiger partial charge in [-0.05, 0) is 82.9 Å². The topological polar surface area (TPSA) is 134 Å². The molecule has 4 aromatic carbocycles. The van der Waals surface area contributed by atoms with Gasteiger partial charge in [0.2, 0.25) is 5.91 Å². The van der Waals surface area contributed by atoms with Gasteiger partial charge in [-0.25, -0.2) is 9.78 Å². The van der Waals surface area contributed by atoms with E-state index in [0.717, 1.165) is 43.6 Å². The lowest BCUT2D eigenvalue weighted by molar-refractivity contribution is -0.192. The minimum absolute atomic E-state index is 0.0128. The van der Waals surface area contributed by atoms with Gasteiger partial charge in [-0.2, -0.15) is 13.2 Å². The Morgan fingerprint density at radius 1 is 0.978 bits per heavy atom. The van der Waals surface area contributed by atoms with Crippen LogP contribution >= 0.6 is 11.3 Å². The van der Waals surface area contributed by atoms with Gasteiger partial charge < -0.3 is 16.2 Å². The van der Waals surface area contributed by atoms with Crippen molar-refractivity contribution in [1.82, 2.24) is 9.55 Å². The maximum atomic E-state index is 13.8. The Morgan fingerprint density at radius 2 is 1.64 bits per heavy atom. The molecule has 0 aliphatic carbocycles. The van der Waals surface area contributed by atoms with Gasteiger partial charge in [0, 0.05) is 21.6 Å². The molecule has 0 aliphatic heterocycles. The van der Waals surface area contributed by atoms with Crippen LogP contribution in [0.15, 0.2) is 109 Å². The predicted octanol–water partition coefficient (Wildman–Crippen LogP) is 7.12.